The smallest absolute Gasteiger partial charge is 0.335 e. The molecule has 2 amide bonds. The zero-order valence-electron chi connectivity index (χ0n) is 10.6. The Morgan fingerprint density at radius 3 is 2.14 bits per heavy atom. The molecule has 2 aromatic carbocycles. The average Bonchev–Trinajstić information content (AvgIpc) is 2.43. The van der Waals surface area contributed by atoms with Crippen molar-refractivity contribution < 1.29 is 14.7 Å². The number of carboxylic acids is 1. The maximum absolute atomic E-state index is 11.8. The number of halogens is 2. The number of hydrogen-bond acceptors (Lipinski definition) is 2. The zero-order valence-corrected chi connectivity index (χ0v) is 12.9. The standard InChI is InChI=1S/C14H10BrClN2O3/c15-11-7-10(5-6-12(11)16)18-14(21)17-9-3-1-8(2-4-9)13(19)20/h1-7H,(H,19,20)(H2,17,18,21). The minimum atomic E-state index is -1.02. The van der Waals surface area contributed by atoms with Gasteiger partial charge in [-0.05, 0) is 58.4 Å². The zero-order chi connectivity index (χ0) is 15.4. The number of anilines is 2. The lowest BCUT2D eigenvalue weighted by atomic mass is 10.2. The van der Waals surface area contributed by atoms with Gasteiger partial charge in [-0.3, -0.25) is 0 Å². The summed E-state index contributed by atoms with van der Waals surface area (Å²) in [6, 6.07) is 10.4. The summed E-state index contributed by atoms with van der Waals surface area (Å²) in [5.74, 6) is -1.02. The molecular weight excluding hydrogens is 360 g/mol. The third kappa shape index (κ3) is 4.21. The predicted octanol–water partition coefficient (Wildman–Crippen LogP) is 4.44. The number of benzene rings is 2. The first-order valence-corrected chi connectivity index (χ1v) is 6.99. The molecule has 2 aromatic rings. The number of urea groups is 1. The second kappa shape index (κ2) is 6.60. The van der Waals surface area contributed by atoms with Gasteiger partial charge in [0.2, 0.25) is 0 Å². The number of hydrogen-bond donors (Lipinski definition) is 3. The summed E-state index contributed by atoms with van der Waals surface area (Å²) < 4.78 is 0.674. The molecule has 0 heterocycles. The molecule has 5 nitrogen and oxygen atoms in total. The van der Waals surface area contributed by atoms with E-state index in [1.807, 2.05) is 0 Å². The second-order valence-corrected chi connectivity index (χ2v) is 5.35. The van der Waals surface area contributed by atoms with Gasteiger partial charge in [0.1, 0.15) is 0 Å². The third-order valence-electron chi connectivity index (χ3n) is 2.57. The van der Waals surface area contributed by atoms with Crippen molar-refractivity contribution in [1.29, 1.82) is 0 Å². The summed E-state index contributed by atoms with van der Waals surface area (Å²) in [7, 11) is 0. The van der Waals surface area contributed by atoms with Crippen LogP contribution in [0.15, 0.2) is 46.9 Å². The van der Waals surface area contributed by atoms with Gasteiger partial charge in [0.05, 0.1) is 10.6 Å². The van der Waals surface area contributed by atoms with Gasteiger partial charge in [-0.15, -0.1) is 0 Å². The molecule has 0 bridgehead atoms. The SMILES string of the molecule is O=C(Nc1ccc(C(=O)O)cc1)Nc1ccc(Cl)c(Br)c1. The number of aromatic carboxylic acids is 1. The molecule has 0 aliphatic carbocycles. The van der Waals surface area contributed by atoms with Gasteiger partial charge in [0.15, 0.2) is 0 Å². The molecule has 3 N–H and O–H groups in total. The Morgan fingerprint density at radius 1 is 1.00 bits per heavy atom. The number of amides is 2. The summed E-state index contributed by atoms with van der Waals surface area (Å²) in [5.41, 5.74) is 1.22. The molecule has 0 aromatic heterocycles. The Labute approximate surface area is 134 Å². The Morgan fingerprint density at radius 2 is 1.57 bits per heavy atom. The molecule has 0 fully saturated rings. The van der Waals surface area contributed by atoms with Crippen molar-refractivity contribution >= 4 is 50.9 Å². The second-order valence-electron chi connectivity index (χ2n) is 4.09. The summed E-state index contributed by atoms with van der Waals surface area (Å²) >= 11 is 9.13. The maximum atomic E-state index is 11.8. The van der Waals surface area contributed by atoms with Crippen LogP contribution in [0.4, 0.5) is 16.2 Å². The van der Waals surface area contributed by atoms with Crippen LogP contribution in [0, 0.1) is 0 Å². The molecule has 0 radical (unpaired) electrons. The van der Waals surface area contributed by atoms with E-state index < -0.39 is 12.0 Å². The lowest BCUT2D eigenvalue weighted by molar-refractivity contribution is 0.0697. The van der Waals surface area contributed by atoms with Gasteiger partial charge < -0.3 is 15.7 Å². The lowest BCUT2D eigenvalue weighted by Gasteiger charge is -2.08. The first-order chi connectivity index (χ1) is 9.95. The van der Waals surface area contributed by atoms with E-state index in [1.54, 1.807) is 18.2 Å². The molecule has 0 unspecified atom stereocenters. The molecule has 0 spiro atoms. The van der Waals surface area contributed by atoms with Gasteiger partial charge >= 0.3 is 12.0 Å². The predicted molar refractivity (Wildman–Crippen MR) is 85.2 cm³/mol. The van der Waals surface area contributed by atoms with Crippen LogP contribution in [-0.2, 0) is 0 Å². The van der Waals surface area contributed by atoms with Crippen molar-refractivity contribution in [2.24, 2.45) is 0 Å². The molecule has 0 aliphatic heterocycles. The van der Waals surface area contributed by atoms with E-state index in [0.29, 0.717) is 20.9 Å². The summed E-state index contributed by atoms with van der Waals surface area (Å²) in [6.07, 6.45) is 0. The van der Waals surface area contributed by atoms with Crippen LogP contribution in [-0.4, -0.2) is 17.1 Å². The number of carbonyl (C=O) groups excluding carboxylic acids is 1. The quantitative estimate of drug-likeness (QED) is 0.748. The van der Waals surface area contributed by atoms with Gasteiger partial charge in [-0.2, -0.15) is 0 Å². The van der Waals surface area contributed by atoms with Crippen LogP contribution in [0.2, 0.25) is 5.02 Å². The van der Waals surface area contributed by atoms with Crippen molar-refractivity contribution in [3.05, 3.63) is 57.5 Å². The number of rotatable bonds is 3. The molecule has 108 valence electrons. The van der Waals surface area contributed by atoms with Crippen LogP contribution in [0.25, 0.3) is 0 Å². The van der Waals surface area contributed by atoms with E-state index in [2.05, 4.69) is 26.6 Å². The molecule has 0 atom stereocenters. The number of nitrogens with one attached hydrogen (secondary N) is 2. The number of carboxylic acid groups (broad SMARTS) is 1. The van der Waals surface area contributed by atoms with Gasteiger partial charge in [0.25, 0.3) is 0 Å². The van der Waals surface area contributed by atoms with E-state index in [-0.39, 0.29) is 5.56 Å². The minimum absolute atomic E-state index is 0.155. The van der Waals surface area contributed by atoms with Gasteiger partial charge in [-0.25, -0.2) is 9.59 Å². The van der Waals surface area contributed by atoms with Crippen molar-refractivity contribution in [3.63, 3.8) is 0 Å². The molecule has 2 rings (SSSR count). The van der Waals surface area contributed by atoms with Crippen LogP contribution < -0.4 is 10.6 Å². The summed E-state index contributed by atoms with van der Waals surface area (Å²) in [6.45, 7) is 0. The van der Waals surface area contributed by atoms with E-state index in [1.165, 1.54) is 24.3 Å². The molecule has 0 saturated carbocycles. The fourth-order valence-corrected chi connectivity index (χ4v) is 2.06. The van der Waals surface area contributed by atoms with Crippen LogP contribution >= 0.6 is 27.5 Å². The van der Waals surface area contributed by atoms with E-state index >= 15 is 0 Å². The minimum Gasteiger partial charge on any atom is -0.478 e. The van der Waals surface area contributed by atoms with Crippen molar-refractivity contribution in [2.75, 3.05) is 10.6 Å². The first kappa shape index (κ1) is 15.3. The fourth-order valence-electron chi connectivity index (χ4n) is 1.56. The van der Waals surface area contributed by atoms with Gasteiger partial charge in [-0.1, -0.05) is 11.6 Å². The molecule has 21 heavy (non-hydrogen) atoms. The molecule has 0 aliphatic rings. The largest absolute Gasteiger partial charge is 0.478 e. The average molecular weight is 370 g/mol. The third-order valence-corrected chi connectivity index (χ3v) is 3.78. The topological polar surface area (TPSA) is 78.4 Å². The molecular formula is C14H10BrClN2O3. The highest BCUT2D eigenvalue weighted by molar-refractivity contribution is 9.10. The van der Waals surface area contributed by atoms with Crippen LogP contribution in [0.5, 0.6) is 0 Å². The van der Waals surface area contributed by atoms with E-state index in [4.69, 9.17) is 16.7 Å². The van der Waals surface area contributed by atoms with Crippen LogP contribution in [0.3, 0.4) is 0 Å². The van der Waals surface area contributed by atoms with Crippen molar-refractivity contribution in [1.82, 2.24) is 0 Å². The van der Waals surface area contributed by atoms with Crippen LogP contribution in [0.1, 0.15) is 10.4 Å². The number of carbonyl (C=O) groups is 2. The van der Waals surface area contributed by atoms with Crippen molar-refractivity contribution in [3.8, 4) is 0 Å². The van der Waals surface area contributed by atoms with E-state index in [9.17, 15) is 9.59 Å². The van der Waals surface area contributed by atoms with Gasteiger partial charge in [0, 0.05) is 15.8 Å². The monoisotopic (exact) mass is 368 g/mol. The molecule has 7 heteroatoms. The van der Waals surface area contributed by atoms with E-state index in [0.717, 1.165) is 0 Å². The highest BCUT2D eigenvalue weighted by atomic mass is 79.9. The van der Waals surface area contributed by atoms with Crippen molar-refractivity contribution in [2.45, 2.75) is 0 Å². The lowest BCUT2D eigenvalue weighted by Crippen LogP contribution is -2.19. The fraction of sp³-hybridized carbons (Fsp3) is 0. The Bertz CT molecular complexity index is 689. The summed E-state index contributed by atoms with van der Waals surface area (Å²) in [4.78, 5) is 22.5. The normalized spacial score (nSPS) is 10.0. The Balaban J connectivity index is 2.01. The molecule has 0 saturated heterocycles. The highest BCUT2D eigenvalue weighted by Gasteiger charge is 2.06. The highest BCUT2D eigenvalue weighted by Crippen LogP contribution is 2.25. The maximum Gasteiger partial charge on any atom is 0.335 e. The first-order valence-electron chi connectivity index (χ1n) is 5.82. The summed E-state index contributed by atoms with van der Waals surface area (Å²) in [5, 5.41) is 14.6. The Kier molecular flexibility index (Phi) is 4.82. The Hall–Kier alpha value is -2.05.